The van der Waals surface area contributed by atoms with Gasteiger partial charge in [0.2, 0.25) is 0 Å². The van der Waals surface area contributed by atoms with Crippen molar-refractivity contribution in [3.05, 3.63) is 41.3 Å². The highest BCUT2D eigenvalue weighted by molar-refractivity contribution is 5.95. The van der Waals surface area contributed by atoms with E-state index >= 15 is 0 Å². The van der Waals surface area contributed by atoms with E-state index < -0.39 is 23.6 Å². The quantitative estimate of drug-likeness (QED) is 0.745. The van der Waals surface area contributed by atoms with Crippen molar-refractivity contribution in [1.82, 2.24) is 20.1 Å². The van der Waals surface area contributed by atoms with E-state index in [0.717, 1.165) is 12.3 Å². The third kappa shape index (κ3) is 5.08. The lowest BCUT2D eigenvalue weighted by Crippen LogP contribution is -2.33. The van der Waals surface area contributed by atoms with Gasteiger partial charge in [-0.1, -0.05) is 13.8 Å². The number of nitrogens with zero attached hydrogens (tertiary/aromatic N) is 3. The van der Waals surface area contributed by atoms with E-state index in [4.69, 9.17) is 5.11 Å². The summed E-state index contributed by atoms with van der Waals surface area (Å²) in [6.45, 7) is 5.34. The Hall–Kier alpha value is -2.91. The average molecular weight is 398 g/mol. The number of aromatic nitrogens is 3. The molecule has 2 rings (SSSR count). The van der Waals surface area contributed by atoms with Crippen LogP contribution in [0.2, 0.25) is 0 Å². The second kappa shape index (κ2) is 8.41. The number of carboxylic acid groups (broad SMARTS) is 1. The highest BCUT2D eigenvalue weighted by Crippen LogP contribution is 2.29. The van der Waals surface area contributed by atoms with Crippen LogP contribution in [0.1, 0.15) is 61.1 Å². The summed E-state index contributed by atoms with van der Waals surface area (Å²) in [5.41, 5.74) is -0.117. The minimum absolute atomic E-state index is 0.0762. The first-order valence-electron chi connectivity index (χ1n) is 8.65. The fourth-order valence-corrected chi connectivity index (χ4v) is 2.66. The molecule has 152 valence electrons. The molecule has 7 nitrogen and oxygen atoms in total. The van der Waals surface area contributed by atoms with Crippen molar-refractivity contribution in [1.29, 1.82) is 0 Å². The monoisotopic (exact) mass is 398 g/mol. The number of halogens is 3. The second-order valence-electron chi connectivity index (χ2n) is 6.72. The topological polar surface area (TPSA) is 97.1 Å². The maximum absolute atomic E-state index is 12.7. The lowest BCUT2D eigenvalue weighted by Gasteiger charge is -2.15. The standard InChI is InChI=1S/C18H21F3N4O3/c1-10(2)16-13(17(28)24-11(3)4-7-15(26)27)9-23-25(16)14-6-5-12(8-22-14)18(19,20)21/h5-6,8-11H,4,7H2,1-3H3,(H,24,28)(H,26,27). The molecule has 10 heteroatoms. The molecule has 0 saturated heterocycles. The smallest absolute Gasteiger partial charge is 0.417 e. The Morgan fingerprint density at radius 2 is 1.89 bits per heavy atom. The van der Waals surface area contributed by atoms with Gasteiger partial charge < -0.3 is 10.4 Å². The predicted octanol–water partition coefficient (Wildman–Crippen LogP) is 3.39. The molecule has 28 heavy (non-hydrogen) atoms. The van der Waals surface area contributed by atoms with Gasteiger partial charge in [0.05, 0.1) is 23.0 Å². The van der Waals surface area contributed by atoms with E-state index in [-0.39, 0.29) is 36.2 Å². The molecule has 2 aromatic heterocycles. The minimum Gasteiger partial charge on any atom is -0.481 e. The zero-order valence-corrected chi connectivity index (χ0v) is 15.6. The number of hydrogen-bond donors (Lipinski definition) is 2. The first-order chi connectivity index (χ1) is 13.0. The number of alkyl halides is 3. The number of amides is 1. The van der Waals surface area contributed by atoms with E-state index in [0.29, 0.717) is 5.69 Å². The number of nitrogens with one attached hydrogen (secondary N) is 1. The van der Waals surface area contributed by atoms with Crippen LogP contribution in [0.5, 0.6) is 0 Å². The number of carbonyl (C=O) groups excluding carboxylic acids is 1. The number of aliphatic carboxylic acids is 1. The molecule has 0 aromatic carbocycles. The molecule has 0 saturated carbocycles. The van der Waals surface area contributed by atoms with Crippen LogP contribution in [0.3, 0.4) is 0 Å². The van der Waals surface area contributed by atoms with E-state index in [9.17, 15) is 22.8 Å². The molecule has 0 aliphatic rings. The van der Waals surface area contributed by atoms with Crippen molar-refractivity contribution in [3.63, 3.8) is 0 Å². The Kier molecular flexibility index (Phi) is 6.42. The summed E-state index contributed by atoms with van der Waals surface area (Å²) in [6, 6.07) is 1.73. The molecular weight excluding hydrogens is 377 g/mol. The summed E-state index contributed by atoms with van der Waals surface area (Å²) in [4.78, 5) is 27.0. The van der Waals surface area contributed by atoms with Gasteiger partial charge in [-0.3, -0.25) is 9.59 Å². The Morgan fingerprint density at radius 3 is 2.39 bits per heavy atom. The van der Waals surface area contributed by atoms with Crippen LogP contribution in [0.25, 0.3) is 5.82 Å². The summed E-state index contributed by atoms with van der Waals surface area (Å²) in [7, 11) is 0. The summed E-state index contributed by atoms with van der Waals surface area (Å²) in [5, 5.41) is 15.6. The molecular formula is C18H21F3N4O3. The SMILES string of the molecule is CC(CCC(=O)O)NC(=O)c1cnn(-c2ccc(C(F)(F)F)cn2)c1C(C)C. The average Bonchev–Trinajstić information content (AvgIpc) is 3.04. The van der Waals surface area contributed by atoms with Crippen LogP contribution in [-0.2, 0) is 11.0 Å². The largest absolute Gasteiger partial charge is 0.481 e. The predicted molar refractivity (Wildman–Crippen MR) is 94.2 cm³/mol. The van der Waals surface area contributed by atoms with Gasteiger partial charge in [0, 0.05) is 18.7 Å². The highest BCUT2D eigenvalue weighted by atomic mass is 19.4. The lowest BCUT2D eigenvalue weighted by molar-refractivity contribution is -0.138. The van der Waals surface area contributed by atoms with E-state index in [1.165, 1.54) is 16.9 Å². The van der Waals surface area contributed by atoms with Crippen LogP contribution >= 0.6 is 0 Å². The Balaban J connectivity index is 2.28. The van der Waals surface area contributed by atoms with Gasteiger partial charge in [-0.05, 0) is 31.4 Å². The molecule has 2 aromatic rings. The van der Waals surface area contributed by atoms with Crippen molar-refractivity contribution in [3.8, 4) is 5.82 Å². The maximum Gasteiger partial charge on any atom is 0.417 e. The van der Waals surface area contributed by atoms with Gasteiger partial charge in [0.15, 0.2) is 5.82 Å². The summed E-state index contributed by atoms with van der Waals surface area (Å²) >= 11 is 0. The Labute approximate surface area is 159 Å². The van der Waals surface area contributed by atoms with E-state index in [1.54, 1.807) is 6.92 Å². The van der Waals surface area contributed by atoms with Gasteiger partial charge in [0.25, 0.3) is 5.91 Å². The van der Waals surface area contributed by atoms with Crippen molar-refractivity contribution in [2.24, 2.45) is 0 Å². The number of rotatable bonds is 7. The van der Waals surface area contributed by atoms with Gasteiger partial charge in [0.1, 0.15) is 0 Å². The van der Waals surface area contributed by atoms with Crippen LogP contribution in [0, 0.1) is 0 Å². The molecule has 0 bridgehead atoms. The van der Waals surface area contributed by atoms with E-state index in [2.05, 4.69) is 15.4 Å². The fourth-order valence-electron chi connectivity index (χ4n) is 2.66. The van der Waals surface area contributed by atoms with Crippen molar-refractivity contribution in [2.75, 3.05) is 0 Å². The van der Waals surface area contributed by atoms with Gasteiger partial charge >= 0.3 is 12.1 Å². The zero-order valence-electron chi connectivity index (χ0n) is 15.6. The molecule has 2 N–H and O–H groups in total. The van der Waals surface area contributed by atoms with Crippen LogP contribution < -0.4 is 5.32 Å². The third-order valence-corrected chi connectivity index (χ3v) is 4.06. The molecule has 0 radical (unpaired) electrons. The van der Waals surface area contributed by atoms with Crippen LogP contribution in [0.15, 0.2) is 24.5 Å². The highest BCUT2D eigenvalue weighted by Gasteiger charge is 2.31. The summed E-state index contributed by atoms with van der Waals surface area (Å²) in [5.74, 6) is -1.39. The van der Waals surface area contributed by atoms with Gasteiger partial charge in [-0.2, -0.15) is 18.3 Å². The number of carboxylic acids is 1. The lowest BCUT2D eigenvalue weighted by atomic mass is 10.0. The molecule has 0 fully saturated rings. The Morgan fingerprint density at radius 1 is 1.21 bits per heavy atom. The van der Waals surface area contributed by atoms with Crippen LogP contribution in [-0.4, -0.2) is 37.8 Å². The molecule has 1 amide bonds. The fraction of sp³-hybridized carbons (Fsp3) is 0.444. The normalized spacial score (nSPS) is 12.8. The number of hydrogen-bond acceptors (Lipinski definition) is 4. The molecule has 1 unspecified atom stereocenters. The first-order valence-corrected chi connectivity index (χ1v) is 8.65. The number of carbonyl (C=O) groups is 2. The van der Waals surface area contributed by atoms with Crippen molar-refractivity contribution in [2.45, 2.75) is 51.7 Å². The zero-order chi connectivity index (χ0) is 21.1. The van der Waals surface area contributed by atoms with Gasteiger partial charge in [-0.15, -0.1) is 0 Å². The molecule has 0 aliphatic carbocycles. The molecule has 2 heterocycles. The first kappa shape index (κ1) is 21.4. The van der Waals surface area contributed by atoms with Crippen molar-refractivity contribution >= 4 is 11.9 Å². The van der Waals surface area contributed by atoms with Crippen molar-refractivity contribution < 1.29 is 27.9 Å². The third-order valence-electron chi connectivity index (χ3n) is 4.06. The Bertz CT molecular complexity index is 845. The van der Waals surface area contributed by atoms with Gasteiger partial charge in [-0.25, -0.2) is 9.67 Å². The minimum atomic E-state index is -4.49. The summed E-state index contributed by atoms with van der Waals surface area (Å²) < 4.78 is 39.5. The molecule has 1 atom stereocenters. The van der Waals surface area contributed by atoms with E-state index in [1.807, 2.05) is 13.8 Å². The molecule has 0 spiro atoms. The second-order valence-corrected chi connectivity index (χ2v) is 6.72. The maximum atomic E-state index is 12.7. The molecule has 0 aliphatic heterocycles. The summed E-state index contributed by atoms with van der Waals surface area (Å²) in [6.07, 6.45) is -2.25. The number of pyridine rings is 1. The van der Waals surface area contributed by atoms with Crippen LogP contribution in [0.4, 0.5) is 13.2 Å².